The number of amides is 1. The molecule has 0 heterocycles. The van der Waals surface area contributed by atoms with Crippen LogP contribution < -0.4 is 5.32 Å². The van der Waals surface area contributed by atoms with E-state index in [0.717, 1.165) is 29.2 Å². The normalized spacial score (nSPS) is 35.3. The van der Waals surface area contributed by atoms with Crippen molar-refractivity contribution in [1.29, 1.82) is 0 Å². The Morgan fingerprint density at radius 2 is 1.57 bits per heavy atom. The molecule has 124 valence electrons. The van der Waals surface area contributed by atoms with Crippen LogP contribution in [0, 0.1) is 30.6 Å². The first kappa shape index (κ1) is 15.2. The first-order chi connectivity index (χ1) is 10.9. The molecule has 0 saturated heterocycles. The first-order valence-corrected chi connectivity index (χ1v) is 9.32. The summed E-state index contributed by atoms with van der Waals surface area (Å²) < 4.78 is 0. The molecule has 2 nitrogen and oxygen atoms in total. The van der Waals surface area contributed by atoms with Crippen molar-refractivity contribution >= 4 is 5.91 Å². The fraction of sp³-hybridized carbons (Fsp3) is 0.667. The fourth-order valence-corrected chi connectivity index (χ4v) is 5.89. The van der Waals surface area contributed by atoms with Gasteiger partial charge in [0.1, 0.15) is 0 Å². The quantitative estimate of drug-likeness (QED) is 0.890. The summed E-state index contributed by atoms with van der Waals surface area (Å²) in [4.78, 5) is 13.1. The van der Waals surface area contributed by atoms with E-state index in [-0.39, 0.29) is 5.91 Å². The molecule has 5 rings (SSSR count). The van der Waals surface area contributed by atoms with E-state index in [0.29, 0.717) is 6.04 Å². The highest BCUT2D eigenvalue weighted by molar-refractivity contribution is 5.88. The lowest BCUT2D eigenvalue weighted by molar-refractivity contribution is -0.129. The second kappa shape index (κ2) is 5.36. The molecule has 0 radical (unpaired) electrons. The summed E-state index contributed by atoms with van der Waals surface area (Å²) in [5, 5.41) is 3.49. The average molecular weight is 311 g/mol. The second-order valence-corrected chi connectivity index (χ2v) is 8.87. The van der Waals surface area contributed by atoms with Crippen LogP contribution >= 0.6 is 0 Å². The molecule has 4 bridgehead atoms. The van der Waals surface area contributed by atoms with E-state index in [4.69, 9.17) is 0 Å². The first-order valence-electron chi connectivity index (χ1n) is 9.32. The summed E-state index contributed by atoms with van der Waals surface area (Å²) in [6.45, 7) is 6.24. The van der Waals surface area contributed by atoms with Crippen molar-refractivity contribution in [2.24, 2.45) is 23.7 Å². The van der Waals surface area contributed by atoms with E-state index < -0.39 is 5.41 Å². The Bertz CT molecular complexity index is 590. The summed E-state index contributed by atoms with van der Waals surface area (Å²) in [6.07, 6.45) is 6.86. The monoisotopic (exact) mass is 311 g/mol. The minimum atomic E-state index is -0.458. The van der Waals surface area contributed by atoms with Gasteiger partial charge >= 0.3 is 0 Å². The van der Waals surface area contributed by atoms with Crippen molar-refractivity contribution in [2.45, 2.75) is 64.3 Å². The number of carbonyl (C=O) groups is 1. The van der Waals surface area contributed by atoms with Gasteiger partial charge in [-0.05, 0) is 87.7 Å². The number of carbonyl (C=O) groups excluding carboxylic acids is 1. The maximum absolute atomic E-state index is 13.1. The molecule has 4 fully saturated rings. The Balaban J connectivity index is 1.53. The highest BCUT2D eigenvalue weighted by Gasteiger charge is 2.49. The number of hydrogen-bond acceptors (Lipinski definition) is 1. The standard InChI is InChI=1S/C21H29NO/c1-13-6-4-5-7-18(13)21(2,3)20(23)22-19-16-9-14-8-15(11-16)12-17(19)10-14/h4-7,14-17,19H,8-12H2,1-3H3,(H,22,23). The van der Waals surface area contributed by atoms with Gasteiger partial charge in [0.25, 0.3) is 0 Å². The third-order valence-electron chi connectivity index (χ3n) is 6.91. The Kier molecular flexibility index (Phi) is 3.55. The van der Waals surface area contributed by atoms with Crippen LogP contribution in [0.25, 0.3) is 0 Å². The van der Waals surface area contributed by atoms with Gasteiger partial charge in [-0.2, -0.15) is 0 Å². The van der Waals surface area contributed by atoms with E-state index in [2.05, 4.69) is 38.2 Å². The maximum atomic E-state index is 13.1. The molecule has 0 aromatic heterocycles. The maximum Gasteiger partial charge on any atom is 0.230 e. The third kappa shape index (κ3) is 2.51. The number of aryl methyl sites for hydroxylation is 1. The van der Waals surface area contributed by atoms with Gasteiger partial charge in [0.15, 0.2) is 0 Å². The van der Waals surface area contributed by atoms with Gasteiger partial charge in [-0.15, -0.1) is 0 Å². The number of benzene rings is 1. The summed E-state index contributed by atoms with van der Waals surface area (Å²) in [5.74, 6) is 3.60. The molecule has 0 aliphatic heterocycles. The minimum Gasteiger partial charge on any atom is -0.352 e. The zero-order valence-corrected chi connectivity index (χ0v) is 14.6. The second-order valence-electron chi connectivity index (χ2n) is 8.87. The summed E-state index contributed by atoms with van der Waals surface area (Å²) >= 11 is 0. The van der Waals surface area contributed by atoms with Crippen LogP contribution in [-0.4, -0.2) is 11.9 Å². The van der Waals surface area contributed by atoms with Crippen molar-refractivity contribution in [3.8, 4) is 0 Å². The van der Waals surface area contributed by atoms with Gasteiger partial charge in [-0.1, -0.05) is 24.3 Å². The minimum absolute atomic E-state index is 0.212. The van der Waals surface area contributed by atoms with Crippen LogP contribution in [0.5, 0.6) is 0 Å². The smallest absolute Gasteiger partial charge is 0.230 e. The van der Waals surface area contributed by atoms with Crippen LogP contribution in [0.1, 0.15) is 57.1 Å². The Hall–Kier alpha value is -1.31. The van der Waals surface area contributed by atoms with Gasteiger partial charge in [0.05, 0.1) is 5.41 Å². The van der Waals surface area contributed by atoms with Gasteiger partial charge in [0, 0.05) is 6.04 Å². The van der Waals surface area contributed by atoms with Crippen molar-refractivity contribution in [3.63, 3.8) is 0 Å². The molecule has 2 heteroatoms. The molecule has 0 atom stereocenters. The van der Waals surface area contributed by atoms with Crippen LogP contribution in [0.15, 0.2) is 24.3 Å². The molecule has 4 saturated carbocycles. The average Bonchev–Trinajstić information content (AvgIpc) is 2.50. The molecule has 1 aromatic rings. The Morgan fingerprint density at radius 1 is 1.00 bits per heavy atom. The summed E-state index contributed by atoms with van der Waals surface area (Å²) in [6, 6.07) is 8.72. The van der Waals surface area contributed by atoms with E-state index in [1.54, 1.807) is 0 Å². The van der Waals surface area contributed by atoms with Gasteiger partial charge in [-0.25, -0.2) is 0 Å². The zero-order valence-electron chi connectivity index (χ0n) is 14.6. The number of nitrogens with one attached hydrogen (secondary N) is 1. The predicted octanol–water partition coefficient (Wildman–Crippen LogP) is 4.21. The largest absolute Gasteiger partial charge is 0.352 e. The summed E-state index contributed by atoms with van der Waals surface area (Å²) in [7, 11) is 0. The molecule has 4 aliphatic carbocycles. The van der Waals surface area contributed by atoms with Crippen molar-refractivity contribution in [3.05, 3.63) is 35.4 Å². The van der Waals surface area contributed by atoms with E-state index in [9.17, 15) is 4.79 Å². The van der Waals surface area contributed by atoms with Crippen LogP contribution in [0.3, 0.4) is 0 Å². The van der Waals surface area contributed by atoms with Crippen molar-refractivity contribution < 1.29 is 4.79 Å². The van der Waals surface area contributed by atoms with Crippen LogP contribution in [0.2, 0.25) is 0 Å². The molecule has 1 amide bonds. The molecular weight excluding hydrogens is 282 g/mol. The van der Waals surface area contributed by atoms with E-state index in [1.807, 2.05) is 12.1 Å². The molecule has 0 spiro atoms. The van der Waals surface area contributed by atoms with Crippen LogP contribution in [0.4, 0.5) is 0 Å². The summed E-state index contributed by atoms with van der Waals surface area (Å²) in [5.41, 5.74) is 1.90. The van der Waals surface area contributed by atoms with Crippen molar-refractivity contribution in [1.82, 2.24) is 5.32 Å². The number of rotatable bonds is 3. The zero-order chi connectivity index (χ0) is 16.2. The lowest BCUT2D eigenvalue weighted by atomic mass is 9.54. The fourth-order valence-electron chi connectivity index (χ4n) is 5.89. The SMILES string of the molecule is Cc1ccccc1C(C)(C)C(=O)NC1C2CC3CC(C2)CC1C3. The molecule has 1 N–H and O–H groups in total. The highest BCUT2D eigenvalue weighted by Crippen LogP contribution is 2.53. The van der Waals surface area contributed by atoms with E-state index in [1.165, 1.54) is 37.7 Å². The molecule has 1 aromatic carbocycles. The molecule has 0 unspecified atom stereocenters. The lowest BCUT2D eigenvalue weighted by Crippen LogP contribution is -2.58. The topological polar surface area (TPSA) is 29.1 Å². The van der Waals surface area contributed by atoms with Gasteiger partial charge in [-0.3, -0.25) is 4.79 Å². The molecule has 23 heavy (non-hydrogen) atoms. The number of hydrogen-bond donors (Lipinski definition) is 1. The third-order valence-corrected chi connectivity index (χ3v) is 6.91. The Labute approximate surface area is 140 Å². The van der Waals surface area contributed by atoms with Gasteiger partial charge in [0.2, 0.25) is 5.91 Å². The van der Waals surface area contributed by atoms with Crippen LogP contribution in [-0.2, 0) is 10.2 Å². The highest BCUT2D eigenvalue weighted by atomic mass is 16.2. The van der Waals surface area contributed by atoms with Gasteiger partial charge < -0.3 is 5.32 Å². The molecular formula is C21H29NO. The van der Waals surface area contributed by atoms with E-state index >= 15 is 0 Å². The Morgan fingerprint density at radius 3 is 2.13 bits per heavy atom. The molecule has 4 aliphatic rings. The van der Waals surface area contributed by atoms with Crippen molar-refractivity contribution in [2.75, 3.05) is 0 Å². The lowest BCUT2D eigenvalue weighted by Gasteiger charge is -2.54. The predicted molar refractivity (Wildman–Crippen MR) is 93.2 cm³/mol.